The molecule has 2 aromatic rings. The topological polar surface area (TPSA) is 63.3 Å². The lowest BCUT2D eigenvalue weighted by atomic mass is 10.00. The Balaban J connectivity index is 2.17. The highest BCUT2D eigenvalue weighted by atomic mass is 16.4. The van der Waals surface area contributed by atoms with Crippen LogP contribution in [0.3, 0.4) is 0 Å². The van der Waals surface area contributed by atoms with Crippen molar-refractivity contribution < 1.29 is 9.90 Å². The highest BCUT2D eigenvalue weighted by Crippen LogP contribution is 2.21. The molecule has 98 valence electrons. The first-order valence-electron chi connectivity index (χ1n) is 6.20. The first kappa shape index (κ1) is 13.3. The van der Waals surface area contributed by atoms with Gasteiger partial charge in [-0.1, -0.05) is 54.1 Å². The molecule has 0 saturated heterocycles. The van der Waals surface area contributed by atoms with E-state index in [4.69, 9.17) is 10.8 Å². The predicted molar refractivity (Wildman–Crippen MR) is 75.9 cm³/mol. The van der Waals surface area contributed by atoms with Crippen molar-refractivity contribution >= 4 is 5.97 Å². The van der Waals surface area contributed by atoms with Crippen LogP contribution in [0.5, 0.6) is 0 Å². The molecule has 0 bridgehead atoms. The standard InChI is InChI=1S/C16H17NO2/c1-11-3-2-4-14(9-11)13-7-5-12(6-8-13)10-15(17)16(18)19/h2-9,15H,10,17H2,1H3,(H,18,19)/t15-/m0/s1. The number of aliphatic carboxylic acids is 1. The van der Waals surface area contributed by atoms with E-state index in [0.29, 0.717) is 6.42 Å². The molecule has 0 aliphatic carbocycles. The Hall–Kier alpha value is -2.13. The van der Waals surface area contributed by atoms with Crippen molar-refractivity contribution in [3.63, 3.8) is 0 Å². The van der Waals surface area contributed by atoms with Gasteiger partial charge in [-0.15, -0.1) is 0 Å². The van der Waals surface area contributed by atoms with E-state index >= 15 is 0 Å². The molecule has 0 radical (unpaired) electrons. The largest absolute Gasteiger partial charge is 0.480 e. The molecule has 0 aliphatic rings. The van der Waals surface area contributed by atoms with Crippen molar-refractivity contribution in [3.8, 4) is 11.1 Å². The second-order valence-corrected chi connectivity index (χ2v) is 4.72. The fourth-order valence-corrected chi connectivity index (χ4v) is 2.00. The molecule has 2 rings (SSSR count). The summed E-state index contributed by atoms with van der Waals surface area (Å²) in [6.45, 7) is 2.06. The summed E-state index contributed by atoms with van der Waals surface area (Å²) in [6, 6.07) is 15.3. The molecule has 2 aromatic carbocycles. The zero-order chi connectivity index (χ0) is 13.8. The average molecular weight is 255 g/mol. The van der Waals surface area contributed by atoms with E-state index in [-0.39, 0.29) is 0 Å². The third-order valence-electron chi connectivity index (χ3n) is 3.08. The lowest BCUT2D eigenvalue weighted by molar-refractivity contribution is -0.138. The summed E-state index contributed by atoms with van der Waals surface area (Å²) in [5, 5.41) is 8.78. The van der Waals surface area contributed by atoms with Gasteiger partial charge in [0, 0.05) is 0 Å². The second-order valence-electron chi connectivity index (χ2n) is 4.72. The van der Waals surface area contributed by atoms with E-state index < -0.39 is 12.0 Å². The van der Waals surface area contributed by atoms with Gasteiger partial charge in [0.05, 0.1) is 0 Å². The fourth-order valence-electron chi connectivity index (χ4n) is 2.00. The van der Waals surface area contributed by atoms with Crippen molar-refractivity contribution in [3.05, 3.63) is 59.7 Å². The zero-order valence-corrected chi connectivity index (χ0v) is 10.8. The summed E-state index contributed by atoms with van der Waals surface area (Å²) in [5.41, 5.74) is 9.95. The quantitative estimate of drug-likeness (QED) is 0.882. The van der Waals surface area contributed by atoms with Gasteiger partial charge in [0.1, 0.15) is 6.04 Å². The molecule has 3 heteroatoms. The number of rotatable bonds is 4. The Morgan fingerprint density at radius 2 is 1.84 bits per heavy atom. The zero-order valence-electron chi connectivity index (χ0n) is 10.8. The van der Waals surface area contributed by atoms with Crippen LogP contribution in [0.15, 0.2) is 48.5 Å². The van der Waals surface area contributed by atoms with Crippen LogP contribution in [0.2, 0.25) is 0 Å². The third-order valence-corrected chi connectivity index (χ3v) is 3.08. The molecule has 0 spiro atoms. The summed E-state index contributed by atoms with van der Waals surface area (Å²) in [5.74, 6) is -0.970. The van der Waals surface area contributed by atoms with Gasteiger partial charge in [-0.3, -0.25) is 4.79 Å². The molecule has 0 fully saturated rings. The van der Waals surface area contributed by atoms with Crippen LogP contribution in [-0.4, -0.2) is 17.1 Å². The van der Waals surface area contributed by atoms with Gasteiger partial charge in [-0.25, -0.2) is 0 Å². The molecule has 0 saturated carbocycles. The number of carboxylic acid groups (broad SMARTS) is 1. The molecule has 0 amide bonds. The Labute approximate surface area is 112 Å². The number of nitrogens with two attached hydrogens (primary N) is 1. The van der Waals surface area contributed by atoms with Crippen molar-refractivity contribution in [1.82, 2.24) is 0 Å². The van der Waals surface area contributed by atoms with Gasteiger partial charge in [0.15, 0.2) is 0 Å². The van der Waals surface area contributed by atoms with Crippen LogP contribution < -0.4 is 5.73 Å². The van der Waals surface area contributed by atoms with Crippen LogP contribution in [0, 0.1) is 6.92 Å². The summed E-state index contributed by atoms with van der Waals surface area (Å²) in [6.07, 6.45) is 0.351. The molecule has 1 atom stereocenters. The predicted octanol–water partition coefficient (Wildman–Crippen LogP) is 2.62. The molecule has 0 heterocycles. The van der Waals surface area contributed by atoms with Gasteiger partial charge in [0.25, 0.3) is 0 Å². The van der Waals surface area contributed by atoms with Crippen LogP contribution in [0.1, 0.15) is 11.1 Å². The maximum absolute atomic E-state index is 10.7. The highest BCUT2D eigenvalue weighted by Gasteiger charge is 2.11. The van der Waals surface area contributed by atoms with E-state index in [9.17, 15) is 4.79 Å². The minimum Gasteiger partial charge on any atom is -0.480 e. The lowest BCUT2D eigenvalue weighted by Gasteiger charge is -2.08. The normalized spacial score (nSPS) is 12.1. The van der Waals surface area contributed by atoms with Crippen molar-refractivity contribution in [2.24, 2.45) is 5.73 Å². The summed E-state index contributed by atoms with van der Waals surface area (Å²) in [4.78, 5) is 10.7. The van der Waals surface area contributed by atoms with Crippen molar-refractivity contribution in [1.29, 1.82) is 0 Å². The second kappa shape index (κ2) is 5.67. The monoisotopic (exact) mass is 255 g/mol. The molecule has 0 unspecified atom stereocenters. The molecular formula is C16H17NO2. The molecule has 19 heavy (non-hydrogen) atoms. The minimum absolute atomic E-state index is 0.351. The van der Waals surface area contributed by atoms with Crippen molar-refractivity contribution in [2.75, 3.05) is 0 Å². The highest BCUT2D eigenvalue weighted by molar-refractivity contribution is 5.73. The Morgan fingerprint density at radius 1 is 1.16 bits per heavy atom. The third kappa shape index (κ3) is 3.42. The van der Waals surface area contributed by atoms with E-state index in [0.717, 1.165) is 16.7 Å². The van der Waals surface area contributed by atoms with E-state index in [2.05, 4.69) is 25.1 Å². The van der Waals surface area contributed by atoms with E-state index in [1.807, 2.05) is 30.3 Å². The average Bonchev–Trinajstić information content (AvgIpc) is 2.39. The number of carbonyl (C=O) groups is 1. The van der Waals surface area contributed by atoms with Gasteiger partial charge in [0.2, 0.25) is 0 Å². The van der Waals surface area contributed by atoms with E-state index in [1.54, 1.807) is 0 Å². The number of benzene rings is 2. The molecule has 3 nitrogen and oxygen atoms in total. The molecule has 0 aliphatic heterocycles. The van der Waals surface area contributed by atoms with Gasteiger partial charge < -0.3 is 10.8 Å². The summed E-state index contributed by atoms with van der Waals surface area (Å²) in [7, 11) is 0. The Bertz CT molecular complexity index is 576. The number of aryl methyl sites for hydroxylation is 1. The summed E-state index contributed by atoms with van der Waals surface area (Å²) < 4.78 is 0. The van der Waals surface area contributed by atoms with Crippen LogP contribution in [-0.2, 0) is 11.2 Å². The van der Waals surface area contributed by atoms with Gasteiger partial charge >= 0.3 is 5.97 Å². The summed E-state index contributed by atoms with van der Waals surface area (Å²) >= 11 is 0. The molecular weight excluding hydrogens is 238 g/mol. The first-order valence-corrected chi connectivity index (χ1v) is 6.20. The van der Waals surface area contributed by atoms with Gasteiger partial charge in [-0.05, 0) is 30.0 Å². The Kier molecular flexibility index (Phi) is 3.97. The van der Waals surface area contributed by atoms with Crippen LogP contribution in [0.25, 0.3) is 11.1 Å². The minimum atomic E-state index is -0.970. The number of carboxylic acids is 1. The smallest absolute Gasteiger partial charge is 0.320 e. The van der Waals surface area contributed by atoms with Crippen LogP contribution >= 0.6 is 0 Å². The number of hydrogen-bond donors (Lipinski definition) is 2. The maximum Gasteiger partial charge on any atom is 0.320 e. The van der Waals surface area contributed by atoms with Crippen LogP contribution in [0.4, 0.5) is 0 Å². The SMILES string of the molecule is Cc1cccc(-c2ccc(C[C@H](N)C(=O)O)cc2)c1. The Morgan fingerprint density at radius 3 is 2.42 bits per heavy atom. The first-order chi connectivity index (χ1) is 9.06. The number of hydrogen-bond acceptors (Lipinski definition) is 2. The molecule has 3 N–H and O–H groups in total. The van der Waals surface area contributed by atoms with E-state index in [1.165, 1.54) is 5.56 Å². The van der Waals surface area contributed by atoms with Gasteiger partial charge in [-0.2, -0.15) is 0 Å². The lowest BCUT2D eigenvalue weighted by Crippen LogP contribution is -2.32. The molecule has 0 aromatic heterocycles. The maximum atomic E-state index is 10.7. The van der Waals surface area contributed by atoms with Crippen molar-refractivity contribution in [2.45, 2.75) is 19.4 Å². The fraction of sp³-hybridized carbons (Fsp3) is 0.188.